The van der Waals surface area contributed by atoms with Gasteiger partial charge in [-0.2, -0.15) is 4.99 Å². The molecular formula is C18H13ClN2O3S. The van der Waals surface area contributed by atoms with Gasteiger partial charge >= 0.3 is 0 Å². The lowest BCUT2D eigenvalue weighted by Crippen LogP contribution is -2.16. The van der Waals surface area contributed by atoms with E-state index in [1.54, 1.807) is 30.3 Å². The van der Waals surface area contributed by atoms with Gasteiger partial charge in [0.2, 0.25) is 6.79 Å². The number of halogens is 1. The molecule has 3 aromatic rings. The number of hydrogen-bond donors (Lipinski definition) is 0. The topological polar surface area (TPSA) is 52.8 Å². The summed E-state index contributed by atoms with van der Waals surface area (Å²) in [6.07, 6.45) is 1.76. The third kappa shape index (κ3) is 2.94. The number of aromatic nitrogens is 1. The quantitative estimate of drug-likeness (QED) is 0.653. The van der Waals surface area contributed by atoms with Crippen molar-refractivity contribution >= 4 is 39.1 Å². The van der Waals surface area contributed by atoms with Gasteiger partial charge < -0.3 is 14.0 Å². The van der Waals surface area contributed by atoms with E-state index in [4.69, 9.17) is 21.1 Å². The molecule has 1 aliphatic heterocycles. The molecular weight excluding hydrogens is 360 g/mol. The summed E-state index contributed by atoms with van der Waals surface area (Å²) in [6.45, 7) is 4.54. The van der Waals surface area contributed by atoms with E-state index in [2.05, 4.69) is 11.6 Å². The molecule has 1 aliphatic rings. The second-order valence-electron chi connectivity index (χ2n) is 5.38. The molecule has 5 nitrogen and oxygen atoms in total. The Morgan fingerprint density at radius 1 is 1.32 bits per heavy atom. The number of amides is 1. The molecule has 0 bridgehead atoms. The van der Waals surface area contributed by atoms with E-state index in [0.717, 1.165) is 10.2 Å². The second kappa shape index (κ2) is 6.38. The lowest BCUT2D eigenvalue weighted by Gasteiger charge is -2.02. The maximum absolute atomic E-state index is 12.5. The molecule has 2 aromatic carbocycles. The highest BCUT2D eigenvalue weighted by Crippen LogP contribution is 2.37. The SMILES string of the molecule is C=CCn1c(=NC(=O)c2cccc(Cl)c2)sc2cc3c(cc21)OCO3. The summed E-state index contributed by atoms with van der Waals surface area (Å²) in [5.41, 5.74) is 1.37. The van der Waals surface area contributed by atoms with E-state index in [9.17, 15) is 4.79 Å². The normalized spacial score (nSPS) is 13.4. The molecule has 0 spiro atoms. The third-order valence-electron chi connectivity index (χ3n) is 3.76. The molecule has 25 heavy (non-hydrogen) atoms. The Hall–Kier alpha value is -2.57. The van der Waals surface area contributed by atoms with Gasteiger partial charge in [0.05, 0.1) is 10.2 Å². The smallest absolute Gasteiger partial charge is 0.279 e. The molecule has 0 saturated heterocycles. The van der Waals surface area contributed by atoms with E-state index in [0.29, 0.717) is 33.4 Å². The molecule has 0 N–H and O–H groups in total. The van der Waals surface area contributed by atoms with E-state index in [-0.39, 0.29) is 12.7 Å². The second-order valence-corrected chi connectivity index (χ2v) is 6.83. The lowest BCUT2D eigenvalue weighted by atomic mass is 10.2. The average Bonchev–Trinajstić information content (AvgIpc) is 3.18. The van der Waals surface area contributed by atoms with Crippen LogP contribution in [-0.2, 0) is 6.54 Å². The van der Waals surface area contributed by atoms with E-state index >= 15 is 0 Å². The fourth-order valence-corrected chi connectivity index (χ4v) is 3.86. The number of allylic oxidation sites excluding steroid dienone is 1. The van der Waals surface area contributed by atoms with Crippen LogP contribution in [0.4, 0.5) is 0 Å². The number of benzene rings is 2. The molecule has 0 fully saturated rings. The van der Waals surface area contributed by atoms with Crippen LogP contribution in [0.25, 0.3) is 10.2 Å². The molecule has 0 saturated carbocycles. The minimum Gasteiger partial charge on any atom is -0.454 e. The summed E-state index contributed by atoms with van der Waals surface area (Å²) < 4.78 is 13.8. The Morgan fingerprint density at radius 3 is 2.88 bits per heavy atom. The fourth-order valence-electron chi connectivity index (χ4n) is 2.62. The Morgan fingerprint density at radius 2 is 2.12 bits per heavy atom. The molecule has 4 rings (SSSR count). The molecule has 0 aliphatic carbocycles. The van der Waals surface area contributed by atoms with Crippen LogP contribution in [0.3, 0.4) is 0 Å². The van der Waals surface area contributed by atoms with Crippen LogP contribution in [0.5, 0.6) is 11.5 Å². The van der Waals surface area contributed by atoms with Crippen molar-refractivity contribution in [2.24, 2.45) is 4.99 Å². The molecule has 0 unspecified atom stereocenters. The Balaban J connectivity index is 1.87. The van der Waals surface area contributed by atoms with Gasteiger partial charge in [0, 0.05) is 29.3 Å². The maximum atomic E-state index is 12.5. The van der Waals surface area contributed by atoms with Gasteiger partial charge in [0.1, 0.15) is 0 Å². The van der Waals surface area contributed by atoms with Crippen LogP contribution in [0.1, 0.15) is 10.4 Å². The van der Waals surface area contributed by atoms with Crippen molar-refractivity contribution in [2.45, 2.75) is 6.54 Å². The zero-order valence-corrected chi connectivity index (χ0v) is 14.6. The van der Waals surface area contributed by atoms with Crippen LogP contribution in [-0.4, -0.2) is 17.3 Å². The predicted molar refractivity (Wildman–Crippen MR) is 97.5 cm³/mol. The number of hydrogen-bond acceptors (Lipinski definition) is 4. The summed E-state index contributed by atoms with van der Waals surface area (Å²) in [5, 5.41) is 0.502. The Labute approximate surface area is 152 Å². The van der Waals surface area contributed by atoms with Gasteiger partial charge in [-0.15, -0.1) is 6.58 Å². The maximum Gasteiger partial charge on any atom is 0.279 e. The van der Waals surface area contributed by atoms with Gasteiger partial charge in [0.25, 0.3) is 5.91 Å². The van der Waals surface area contributed by atoms with Gasteiger partial charge in [-0.1, -0.05) is 35.1 Å². The van der Waals surface area contributed by atoms with Gasteiger partial charge in [-0.3, -0.25) is 4.79 Å². The first-order valence-electron chi connectivity index (χ1n) is 7.54. The van der Waals surface area contributed by atoms with Gasteiger partial charge in [-0.25, -0.2) is 0 Å². The Kier molecular flexibility index (Phi) is 4.07. The number of fused-ring (bicyclic) bond motifs is 2. The Bertz CT molecular complexity index is 1070. The molecule has 7 heteroatoms. The number of thiazole rings is 1. The number of ether oxygens (including phenoxy) is 2. The fraction of sp³-hybridized carbons (Fsp3) is 0.111. The zero-order valence-electron chi connectivity index (χ0n) is 13.1. The summed E-state index contributed by atoms with van der Waals surface area (Å²) in [4.78, 5) is 17.4. The van der Waals surface area contributed by atoms with Crippen molar-refractivity contribution in [1.82, 2.24) is 4.57 Å². The van der Waals surface area contributed by atoms with Crippen molar-refractivity contribution in [3.05, 3.63) is 64.4 Å². The van der Waals surface area contributed by atoms with Gasteiger partial charge in [0.15, 0.2) is 16.3 Å². The van der Waals surface area contributed by atoms with Crippen molar-refractivity contribution in [3.8, 4) is 11.5 Å². The molecule has 2 heterocycles. The minimum atomic E-state index is -0.341. The number of rotatable bonds is 3. The standard InChI is InChI=1S/C18H13ClN2O3S/c1-2-6-21-13-8-14-15(24-10-23-14)9-16(13)25-18(21)20-17(22)11-4-3-5-12(19)7-11/h2-5,7-9H,1,6,10H2. The van der Waals surface area contributed by atoms with Crippen LogP contribution in [0, 0.1) is 0 Å². The first-order chi connectivity index (χ1) is 12.2. The third-order valence-corrected chi connectivity index (χ3v) is 5.03. The number of carbonyl (C=O) groups excluding carboxylic acids is 1. The molecule has 1 aromatic heterocycles. The molecule has 0 radical (unpaired) electrons. The number of carbonyl (C=O) groups is 1. The van der Waals surface area contributed by atoms with Crippen molar-refractivity contribution < 1.29 is 14.3 Å². The van der Waals surface area contributed by atoms with E-state index in [1.165, 1.54) is 11.3 Å². The summed E-state index contributed by atoms with van der Waals surface area (Å²) >= 11 is 7.37. The van der Waals surface area contributed by atoms with Crippen molar-refractivity contribution in [2.75, 3.05) is 6.79 Å². The van der Waals surface area contributed by atoms with Crippen LogP contribution in [0.15, 0.2) is 54.0 Å². The first kappa shape index (κ1) is 15.9. The lowest BCUT2D eigenvalue weighted by molar-refractivity contribution is 0.0998. The monoisotopic (exact) mass is 372 g/mol. The average molecular weight is 373 g/mol. The van der Waals surface area contributed by atoms with Crippen LogP contribution in [0.2, 0.25) is 5.02 Å². The van der Waals surface area contributed by atoms with Crippen LogP contribution < -0.4 is 14.3 Å². The van der Waals surface area contributed by atoms with Crippen LogP contribution >= 0.6 is 22.9 Å². The largest absolute Gasteiger partial charge is 0.454 e. The zero-order chi connectivity index (χ0) is 17.4. The van der Waals surface area contributed by atoms with Crippen molar-refractivity contribution in [1.29, 1.82) is 0 Å². The van der Waals surface area contributed by atoms with E-state index in [1.807, 2.05) is 16.7 Å². The highest BCUT2D eigenvalue weighted by molar-refractivity contribution is 7.16. The highest BCUT2D eigenvalue weighted by atomic mass is 35.5. The predicted octanol–water partition coefficient (Wildman–Crippen LogP) is 4.01. The summed E-state index contributed by atoms with van der Waals surface area (Å²) in [5.74, 6) is 1.05. The minimum absolute atomic E-state index is 0.221. The van der Waals surface area contributed by atoms with E-state index < -0.39 is 0 Å². The van der Waals surface area contributed by atoms with Crippen molar-refractivity contribution in [3.63, 3.8) is 0 Å². The van der Waals surface area contributed by atoms with Gasteiger partial charge in [-0.05, 0) is 18.2 Å². The first-order valence-corrected chi connectivity index (χ1v) is 8.73. The summed E-state index contributed by atoms with van der Waals surface area (Å²) in [7, 11) is 0. The highest BCUT2D eigenvalue weighted by Gasteiger charge is 2.17. The summed E-state index contributed by atoms with van der Waals surface area (Å²) in [6, 6.07) is 10.6. The molecule has 0 atom stereocenters. The molecule has 1 amide bonds. The number of nitrogens with zero attached hydrogens (tertiary/aromatic N) is 2. The molecule has 126 valence electrons.